The maximum absolute atomic E-state index is 11.6. The van der Waals surface area contributed by atoms with Gasteiger partial charge in [0.2, 0.25) is 0 Å². The van der Waals surface area contributed by atoms with Crippen LogP contribution in [0.4, 0.5) is 0 Å². The third-order valence-electron chi connectivity index (χ3n) is 2.26. The molecule has 0 aromatic heterocycles. The fraction of sp³-hybridized carbons (Fsp3) is 0.538. The minimum absolute atomic E-state index is 0.0250. The van der Waals surface area contributed by atoms with E-state index in [2.05, 4.69) is 0 Å². The Morgan fingerprint density at radius 2 is 1.67 bits per heavy atom. The molecule has 4 nitrogen and oxygen atoms in total. The van der Waals surface area contributed by atoms with Crippen molar-refractivity contribution in [3.8, 4) is 5.75 Å². The van der Waals surface area contributed by atoms with E-state index in [0.29, 0.717) is 16.7 Å². The Morgan fingerprint density at radius 1 is 1.22 bits per heavy atom. The Morgan fingerprint density at radius 3 is 2.06 bits per heavy atom. The number of hydrogen-bond donors (Lipinski definition) is 2. The summed E-state index contributed by atoms with van der Waals surface area (Å²) in [5.74, 6) is 0.230. The number of benzene rings is 1. The van der Waals surface area contributed by atoms with Crippen molar-refractivity contribution < 1.29 is 19.1 Å². The van der Waals surface area contributed by atoms with Crippen LogP contribution >= 0.6 is 7.60 Å². The summed E-state index contributed by atoms with van der Waals surface area (Å²) in [6.07, 6.45) is -0.0250. The molecular weight excluding hydrogens is 251 g/mol. The van der Waals surface area contributed by atoms with Gasteiger partial charge in [-0.3, -0.25) is 4.57 Å². The predicted molar refractivity (Wildman–Crippen MR) is 74.1 cm³/mol. The summed E-state index contributed by atoms with van der Waals surface area (Å²) >= 11 is 0. The van der Waals surface area contributed by atoms with Crippen LogP contribution in [0.3, 0.4) is 0 Å². The van der Waals surface area contributed by atoms with E-state index in [-0.39, 0.29) is 18.5 Å². The SMILES string of the molecule is CC.CCOP(=O)(O)Cc1cc(C)c(O)c(C)c1. The molecule has 2 N–H and O–H groups in total. The molecule has 104 valence electrons. The standard InChI is InChI=1S/C11H17O4P.C2H6/c1-4-15-16(13,14)7-10-5-8(2)11(12)9(3)6-10;1-2/h5-6,12H,4,7H2,1-3H3,(H,13,14);1-2H3. The van der Waals surface area contributed by atoms with Crippen molar-refractivity contribution in [2.45, 2.75) is 40.8 Å². The zero-order valence-electron chi connectivity index (χ0n) is 11.7. The van der Waals surface area contributed by atoms with Crippen molar-refractivity contribution in [3.05, 3.63) is 28.8 Å². The van der Waals surface area contributed by atoms with Gasteiger partial charge in [0, 0.05) is 0 Å². The van der Waals surface area contributed by atoms with E-state index in [4.69, 9.17) is 4.52 Å². The van der Waals surface area contributed by atoms with Crippen molar-refractivity contribution in [1.82, 2.24) is 0 Å². The Labute approximate surface area is 109 Å². The summed E-state index contributed by atoms with van der Waals surface area (Å²) in [7, 11) is -3.55. The normalized spacial score (nSPS) is 13.4. The zero-order valence-corrected chi connectivity index (χ0v) is 12.6. The predicted octanol–water partition coefficient (Wildman–Crippen LogP) is 3.76. The van der Waals surface area contributed by atoms with Gasteiger partial charge in [-0.2, -0.15) is 0 Å². The molecule has 1 unspecified atom stereocenters. The molecule has 18 heavy (non-hydrogen) atoms. The summed E-state index contributed by atoms with van der Waals surface area (Å²) in [4.78, 5) is 9.49. The van der Waals surface area contributed by atoms with Crippen LogP contribution in [-0.2, 0) is 15.3 Å². The molecule has 0 saturated carbocycles. The summed E-state index contributed by atoms with van der Waals surface area (Å²) < 4.78 is 16.4. The topological polar surface area (TPSA) is 66.8 Å². The van der Waals surface area contributed by atoms with Crippen LogP contribution < -0.4 is 0 Å². The van der Waals surface area contributed by atoms with Crippen molar-refractivity contribution in [3.63, 3.8) is 0 Å². The van der Waals surface area contributed by atoms with Crippen LogP contribution in [0.1, 0.15) is 37.5 Å². The Balaban J connectivity index is 0.00000137. The minimum Gasteiger partial charge on any atom is -0.507 e. The molecule has 0 radical (unpaired) electrons. The van der Waals surface area contributed by atoms with Crippen LogP contribution in [-0.4, -0.2) is 16.6 Å². The lowest BCUT2D eigenvalue weighted by Gasteiger charge is -2.12. The molecule has 5 heteroatoms. The molecule has 0 aliphatic rings. The van der Waals surface area contributed by atoms with E-state index in [1.54, 1.807) is 32.9 Å². The molecule has 1 aromatic rings. The van der Waals surface area contributed by atoms with Crippen molar-refractivity contribution in [1.29, 1.82) is 0 Å². The van der Waals surface area contributed by atoms with Crippen LogP contribution in [0.25, 0.3) is 0 Å². The van der Waals surface area contributed by atoms with Gasteiger partial charge in [-0.15, -0.1) is 0 Å². The average Bonchev–Trinajstić information content (AvgIpc) is 2.27. The van der Waals surface area contributed by atoms with Crippen molar-refractivity contribution >= 4 is 7.60 Å². The molecule has 0 heterocycles. The highest BCUT2D eigenvalue weighted by Crippen LogP contribution is 2.46. The Kier molecular flexibility index (Phi) is 7.22. The van der Waals surface area contributed by atoms with E-state index in [1.165, 1.54) is 0 Å². The summed E-state index contributed by atoms with van der Waals surface area (Å²) in [6, 6.07) is 3.40. The van der Waals surface area contributed by atoms with Gasteiger partial charge in [0.25, 0.3) is 0 Å². The lowest BCUT2D eigenvalue weighted by atomic mass is 10.1. The molecular formula is C13H23O4P. The van der Waals surface area contributed by atoms with Crippen LogP contribution in [0.2, 0.25) is 0 Å². The van der Waals surface area contributed by atoms with E-state index < -0.39 is 7.60 Å². The second kappa shape index (κ2) is 7.57. The first-order valence-electron chi connectivity index (χ1n) is 6.11. The van der Waals surface area contributed by atoms with Crippen LogP contribution in [0.15, 0.2) is 12.1 Å². The quantitative estimate of drug-likeness (QED) is 0.820. The molecule has 0 amide bonds. The van der Waals surface area contributed by atoms with Crippen LogP contribution in [0, 0.1) is 13.8 Å². The number of phenolic OH excluding ortho intramolecular Hbond substituents is 1. The van der Waals surface area contributed by atoms with E-state index in [0.717, 1.165) is 0 Å². The summed E-state index contributed by atoms with van der Waals surface area (Å²) in [5, 5.41) is 9.57. The highest BCUT2D eigenvalue weighted by molar-refractivity contribution is 7.51. The fourth-order valence-electron chi connectivity index (χ4n) is 1.61. The fourth-order valence-corrected chi connectivity index (χ4v) is 2.75. The second-order valence-corrected chi connectivity index (χ2v) is 5.64. The first kappa shape index (κ1) is 17.2. The maximum atomic E-state index is 11.6. The number of aryl methyl sites for hydroxylation is 2. The molecule has 0 aliphatic heterocycles. The van der Waals surface area contributed by atoms with Gasteiger partial charge in [0.1, 0.15) is 5.75 Å². The van der Waals surface area contributed by atoms with E-state index in [1.807, 2.05) is 13.8 Å². The Bertz CT molecular complexity index is 406. The summed E-state index contributed by atoms with van der Waals surface area (Å²) in [5.41, 5.74) is 2.10. The number of phenols is 1. The minimum atomic E-state index is -3.55. The number of rotatable bonds is 4. The van der Waals surface area contributed by atoms with Crippen molar-refractivity contribution in [2.24, 2.45) is 0 Å². The highest BCUT2D eigenvalue weighted by atomic mass is 31.2. The van der Waals surface area contributed by atoms with Gasteiger partial charge in [-0.05, 0) is 37.5 Å². The van der Waals surface area contributed by atoms with Gasteiger partial charge >= 0.3 is 7.60 Å². The number of hydrogen-bond acceptors (Lipinski definition) is 3. The average molecular weight is 274 g/mol. The molecule has 0 fully saturated rings. The van der Waals surface area contributed by atoms with E-state index >= 15 is 0 Å². The highest BCUT2D eigenvalue weighted by Gasteiger charge is 2.19. The largest absolute Gasteiger partial charge is 0.507 e. The third kappa shape index (κ3) is 5.21. The monoisotopic (exact) mass is 274 g/mol. The van der Waals surface area contributed by atoms with Crippen LogP contribution in [0.5, 0.6) is 5.75 Å². The lowest BCUT2D eigenvalue weighted by molar-refractivity contribution is 0.272. The van der Waals surface area contributed by atoms with Gasteiger partial charge in [-0.25, -0.2) is 0 Å². The Hall–Kier alpha value is -0.830. The van der Waals surface area contributed by atoms with Gasteiger partial charge in [0.05, 0.1) is 12.8 Å². The molecule has 1 rings (SSSR count). The summed E-state index contributed by atoms with van der Waals surface area (Å²) in [6.45, 7) is 9.41. The molecule has 0 saturated heterocycles. The lowest BCUT2D eigenvalue weighted by Crippen LogP contribution is -1.95. The van der Waals surface area contributed by atoms with Gasteiger partial charge < -0.3 is 14.5 Å². The van der Waals surface area contributed by atoms with Gasteiger partial charge in [0.15, 0.2) is 0 Å². The molecule has 1 aromatic carbocycles. The zero-order chi connectivity index (χ0) is 14.3. The third-order valence-corrected chi connectivity index (χ3v) is 3.69. The van der Waals surface area contributed by atoms with Crippen molar-refractivity contribution in [2.75, 3.05) is 6.61 Å². The maximum Gasteiger partial charge on any atom is 0.332 e. The first-order valence-corrected chi connectivity index (χ1v) is 7.87. The second-order valence-electron chi connectivity index (χ2n) is 3.79. The number of aromatic hydroxyl groups is 1. The van der Waals surface area contributed by atoms with Gasteiger partial charge in [-0.1, -0.05) is 26.0 Å². The molecule has 0 spiro atoms. The van der Waals surface area contributed by atoms with E-state index in [9.17, 15) is 14.6 Å². The molecule has 1 atom stereocenters. The molecule has 0 bridgehead atoms. The first-order chi connectivity index (χ1) is 8.35. The smallest absolute Gasteiger partial charge is 0.332 e. The molecule has 0 aliphatic carbocycles.